The van der Waals surface area contributed by atoms with Crippen molar-refractivity contribution in [1.82, 2.24) is 20.4 Å². The minimum atomic E-state index is -0.297. The van der Waals surface area contributed by atoms with Crippen molar-refractivity contribution in [1.29, 1.82) is 0 Å². The van der Waals surface area contributed by atoms with Crippen molar-refractivity contribution in [3.8, 4) is 0 Å². The largest absolute Gasteiger partial charge is 0.355 e. The van der Waals surface area contributed by atoms with Crippen LogP contribution in [0.5, 0.6) is 0 Å². The van der Waals surface area contributed by atoms with Crippen LogP contribution in [0.1, 0.15) is 63.0 Å². The molecule has 1 heterocycles. The summed E-state index contributed by atoms with van der Waals surface area (Å²) in [5.41, 5.74) is 2.32. The van der Waals surface area contributed by atoms with Gasteiger partial charge < -0.3 is 15.5 Å². The molecule has 0 radical (unpaired) electrons. The standard InChI is InChI=1S/C25H41N5O.HI/c1-20-9-5-8-16-30(20)18-22-12-10-21(11-13-22)17-27-24(26-2)28-19-25(14-6-7-15-25)23(31)29(3)4;/h10-13,20H,5-9,14-19H2,1-4H3,(H2,26,27,28);1H. The van der Waals surface area contributed by atoms with E-state index in [4.69, 9.17) is 0 Å². The number of hydrogen-bond acceptors (Lipinski definition) is 3. The second kappa shape index (κ2) is 12.8. The van der Waals surface area contributed by atoms with Gasteiger partial charge in [-0.25, -0.2) is 0 Å². The Morgan fingerprint density at radius 2 is 1.75 bits per heavy atom. The molecule has 32 heavy (non-hydrogen) atoms. The molecule has 0 aromatic heterocycles. The summed E-state index contributed by atoms with van der Waals surface area (Å²) in [6.45, 7) is 5.95. The Balaban J connectivity index is 0.00000363. The van der Waals surface area contributed by atoms with E-state index in [2.05, 4.69) is 51.7 Å². The number of carbonyl (C=O) groups is 1. The van der Waals surface area contributed by atoms with Gasteiger partial charge in [-0.15, -0.1) is 24.0 Å². The molecule has 1 aromatic carbocycles. The van der Waals surface area contributed by atoms with E-state index in [1.807, 2.05) is 14.1 Å². The SMILES string of the molecule is CN=C(NCc1ccc(CN2CCCCC2C)cc1)NCC1(C(=O)N(C)C)CCCC1.I. The molecule has 0 spiro atoms. The lowest BCUT2D eigenvalue weighted by molar-refractivity contribution is -0.138. The van der Waals surface area contributed by atoms with Crippen LogP contribution in [-0.2, 0) is 17.9 Å². The predicted molar refractivity (Wildman–Crippen MR) is 143 cm³/mol. The average Bonchev–Trinajstić information content (AvgIpc) is 3.26. The molecular weight excluding hydrogens is 513 g/mol. The minimum Gasteiger partial charge on any atom is -0.355 e. The summed E-state index contributed by atoms with van der Waals surface area (Å²) < 4.78 is 0. The fourth-order valence-electron chi connectivity index (χ4n) is 5.04. The number of rotatable bonds is 7. The normalized spacial score (nSPS) is 21.0. The number of carbonyl (C=O) groups excluding carboxylic acids is 1. The van der Waals surface area contributed by atoms with E-state index in [1.54, 1.807) is 11.9 Å². The lowest BCUT2D eigenvalue weighted by atomic mass is 9.84. The number of aliphatic imine (C=N–C) groups is 1. The van der Waals surface area contributed by atoms with Gasteiger partial charge in [-0.2, -0.15) is 0 Å². The Hall–Kier alpha value is -1.35. The molecular formula is C25H42IN5O. The smallest absolute Gasteiger partial charge is 0.230 e. The van der Waals surface area contributed by atoms with Gasteiger partial charge in [0, 0.05) is 46.8 Å². The van der Waals surface area contributed by atoms with Gasteiger partial charge in [-0.05, 0) is 50.3 Å². The maximum absolute atomic E-state index is 12.8. The summed E-state index contributed by atoms with van der Waals surface area (Å²) in [5.74, 6) is 0.982. The fraction of sp³-hybridized carbons (Fsp3) is 0.680. The van der Waals surface area contributed by atoms with Gasteiger partial charge >= 0.3 is 0 Å². The molecule has 1 atom stereocenters. The first-order valence-corrected chi connectivity index (χ1v) is 11.9. The van der Waals surface area contributed by atoms with Gasteiger partial charge in [0.1, 0.15) is 0 Å². The Kier molecular flexibility index (Phi) is 10.7. The highest BCUT2D eigenvalue weighted by Crippen LogP contribution is 2.38. The summed E-state index contributed by atoms with van der Waals surface area (Å²) in [6.07, 6.45) is 8.14. The topological polar surface area (TPSA) is 60.0 Å². The van der Waals surface area contributed by atoms with Crippen molar-refractivity contribution in [2.45, 2.75) is 71.0 Å². The number of amides is 1. The van der Waals surface area contributed by atoms with Crippen LogP contribution in [0.2, 0.25) is 0 Å². The first-order valence-electron chi connectivity index (χ1n) is 11.9. The maximum atomic E-state index is 12.8. The van der Waals surface area contributed by atoms with E-state index in [9.17, 15) is 4.79 Å². The lowest BCUT2D eigenvalue weighted by Gasteiger charge is -2.33. The van der Waals surface area contributed by atoms with Crippen molar-refractivity contribution in [2.24, 2.45) is 10.4 Å². The number of piperidine rings is 1. The number of hydrogen-bond donors (Lipinski definition) is 2. The zero-order valence-electron chi connectivity index (χ0n) is 20.3. The van der Waals surface area contributed by atoms with E-state index < -0.39 is 0 Å². The maximum Gasteiger partial charge on any atom is 0.230 e. The second-order valence-electron chi connectivity index (χ2n) is 9.60. The lowest BCUT2D eigenvalue weighted by Crippen LogP contribution is -2.49. The first kappa shape index (κ1) is 26.9. The van der Waals surface area contributed by atoms with Crippen molar-refractivity contribution < 1.29 is 4.79 Å². The van der Waals surface area contributed by atoms with Crippen LogP contribution in [-0.4, -0.2) is 61.9 Å². The Labute approximate surface area is 211 Å². The van der Waals surface area contributed by atoms with Crippen molar-refractivity contribution in [2.75, 3.05) is 34.2 Å². The zero-order valence-corrected chi connectivity index (χ0v) is 22.7. The third-order valence-electron chi connectivity index (χ3n) is 7.05. The molecule has 1 aliphatic carbocycles. The summed E-state index contributed by atoms with van der Waals surface area (Å²) in [6, 6.07) is 9.60. The van der Waals surface area contributed by atoms with Crippen LogP contribution in [0.25, 0.3) is 0 Å². The molecule has 1 aromatic rings. The molecule has 1 amide bonds. The fourth-order valence-corrected chi connectivity index (χ4v) is 5.04. The molecule has 3 rings (SSSR count). The van der Waals surface area contributed by atoms with E-state index in [0.29, 0.717) is 19.1 Å². The zero-order chi connectivity index (χ0) is 22.3. The van der Waals surface area contributed by atoms with Crippen LogP contribution in [0.3, 0.4) is 0 Å². The first-order chi connectivity index (χ1) is 14.9. The average molecular weight is 556 g/mol. The van der Waals surface area contributed by atoms with Crippen LogP contribution in [0, 0.1) is 5.41 Å². The number of likely N-dealkylation sites (tertiary alicyclic amines) is 1. The molecule has 2 fully saturated rings. The number of guanidine groups is 1. The molecule has 1 saturated heterocycles. The molecule has 1 unspecified atom stereocenters. The van der Waals surface area contributed by atoms with Gasteiger partial charge in [-0.3, -0.25) is 14.7 Å². The number of nitrogens with zero attached hydrogens (tertiary/aromatic N) is 3. The highest BCUT2D eigenvalue weighted by atomic mass is 127. The molecule has 7 heteroatoms. The van der Waals surface area contributed by atoms with E-state index in [-0.39, 0.29) is 35.3 Å². The Morgan fingerprint density at radius 3 is 2.34 bits per heavy atom. The molecule has 1 aliphatic heterocycles. The molecule has 0 bridgehead atoms. The predicted octanol–water partition coefficient (Wildman–Crippen LogP) is 3.99. The van der Waals surface area contributed by atoms with E-state index >= 15 is 0 Å². The quantitative estimate of drug-likeness (QED) is 0.304. The van der Waals surface area contributed by atoms with Crippen molar-refractivity contribution in [3.63, 3.8) is 0 Å². The molecule has 180 valence electrons. The second-order valence-corrected chi connectivity index (χ2v) is 9.60. The van der Waals surface area contributed by atoms with Crippen LogP contribution in [0.4, 0.5) is 0 Å². The number of nitrogens with one attached hydrogen (secondary N) is 2. The molecule has 2 aliphatic rings. The summed E-state index contributed by atoms with van der Waals surface area (Å²) in [7, 11) is 5.49. The van der Waals surface area contributed by atoms with Gasteiger partial charge in [0.15, 0.2) is 5.96 Å². The van der Waals surface area contributed by atoms with Gasteiger partial charge in [-0.1, -0.05) is 43.5 Å². The van der Waals surface area contributed by atoms with E-state index in [1.165, 1.54) is 36.9 Å². The van der Waals surface area contributed by atoms with Gasteiger partial charge in [0.25, 0.3) is 0 Å². The summed E-state index contributed by atoms with van der Waals surface area (Å²) in [4.78, 5) is 21.5. The Bertz CT molecular complexity index is 743. The number of halogens is 1. The Morgan fingerprint density at radius 1 is 1.09 bits per heavy atom. The molecule has 1 saturated carbocycles. The number of benzene rings is 1. The molecule has 6 nitrogen and oxygen atoms in total. The minimum absolute atomic E-state index is 0. The summed E-state index contributed by atoms with van der Waals surface area (Å²) in [5, 5.41) is 6.82. The highest BCUT2D eigenvalue weighted by Gasteiger charge is 2.42. The van der Waals surface area contributed by atoms with Crippen LogP contribution < -0.4 is 10.6 Å². The van der Waals surface area contributed by atoms with Crippen molar-refractivity contribution in [3.05, 3.63) is 35.4 Å². The third kappa shape index (κ3) is 7.07. The summed E-state index contributed by atoms with van der Waals surface area (Å²) >= 11 is 0. The van der Waals surface area contributed by atoms with Gasteiger partial charge in [0.05, 0.1) is 5.41 Å². The monoisotopic (exact) mass is 555 g/mol. The third-order valence-corrected chi connectivity index (χ3v) is 7.05. The van der Waals surface area contributed by atoms with Crippen LogP contribution in [0.15, 0.2) is 29.3 Å². The van der Waals surface area contributed by atoms with Gasteiger partial charge in [0.2, 0.25) is 5.91 Å². The van der Waals surface area contributed by atoms with E-state index in [0.717, 1.165) is 38.2 Å². The molecule has 2 N–H and O–H groups in total. The van der Waals surface area contributed by atoms with Crippen molar-refractivity contribution >= 4 is 35.8 Å². The van der Waals surface area contributed by atoms with Crippen LogP contribution >= 0.6 is 24.0 Å². The highest BCUT2D eigenvalue weighted by molar-refractivity contribution is 14.0.